The summed E-state index contributed by atoms with van der Waals surface area (Å²) in [7, 11) is 4.71. The molecule has 0 saturated carbocycles. The molecule has 5 nitrogen and oxygen atoms in total. The largest absolute Gasteiger partial charge is 0.493 e. The maximum Gasteiger partial charge on any atom is 0.143 e. The predicted octanol–water partition coefficient (Wildman–Crippen LogP) is 4.11. The van der Waals surface area contributed by atoms with Crippen molar-refractivity contribution in [3.8, 4) is 0 Å². The Bertz CT molecular complexity index is 655. The minimum Gasteiger partial charge on any atom is -0.493 e. The lowest BCUT2D eigenvalue weighted by Crippen LogP contribution is -2.52. The Morgan fingerprint density at radius 2 is 1.90 bits per heavy atom. The molecule has 2 fully saturated rings. The van der Waals surface area contributed by atoms with Crippen LogP contribution in [0.5, 0.6) is 0 Å². The molecule has 0 aromatic heterocycles. The Labute approximate surface area is 179 Å². The van der Waals surface area contributed by atoms with Gasteiger partial charge < -0.3 is 19.7 Å². The molecule has 0 radical (unpaired) electrons. The monoisotopic (exact) mass is 421 g/mol. The summed E-state index contributed by atoms with van der Waals surface area (Å²) in [6.07, 6.45) is 8.52. The first kappa shape index (κ1) is 22.8. The van der Waals surface area contributed by atoms with Crippen LogP contribution in [0.2, 0.25) is 0 Å². The van der Waals surface area contributed by atoms with E-state index in [1.807, 2.05) is 21.0 Å². The van der Waals surface area contributed by atoms with E-state index in [0.717, 1.165) is 58.5 Å². The average Bonchev–Trinajstić information content (AvgIpc) is 2.91. The topological polar surface area (TPSA) is 37.0 Å². The van der Waals surface area contributed by atoms with Crippen LogP contribution < -0.4 is 5.32 Å². The van der Waals surface area contributed by atoms with Crippen LogP contribution in [0, 0.1) is 17.8 Å². The van der Waals surface area contributed by atoms with Gasteiger partial charge in [-0.25, -0.2) is 0 Å². The standard InChI is InChI=1S/C21H34N3O2P.C2H6/c1-5-24-14-23-13-16-11-17(20(26-4)27-19(12-16)25-3)15(2)10-18(23)21(24)6-8-22-9-7-21;1-2/h10,12,15-17,22H,5-9,11,13-14H2,1-4H3;1-2H3/b18-10-;. The molecular formula is C23H40N3O2P. The minimum atomic E-state index is 0.216. The molecule has 4 aliphatic rings. The van der Waals surface area contributed by atoms with Crippen LogP contribution in [0.15, 0.2) is 23.3 Å². The van der Waals surface area contributed by atoms with Crippen molar-refractivity contribution in [1.29, 1.82) is 0 Å². The fourth-order valence-electron chi connectivity index (χ4n) is 5.56. The van der Waals surface area contributed by atoms with Crippen LogP contribution in [0.3, 0.4) is 0 Å². The van der Waals surface area contributed by atoms with Gasteiger partial charge in [0.1, 0.15) is 5.50 Å². The third kappa shape index (κ3) is 4.30. The van der Waals surface area contributed by atoms with E-state index in [4.69, 9.17) is 9.47 Å². The van der Waals surface area contributed by atoms with Crippen LogP contribution in [-0.4, -0.2) is 67.9 Å². The van der Waals surface area contributed by atoms with Gasteiger partial charge in [-0.15, -0.1) is 0 Å². The van der Waals surface area contributed by atoms with Crippen molar-refractivity contribution in [3.05, 3.63) is 23.3 Å². The summed E-state index contributed by atoms with van der Waals surface area (Å²) in [4.78, 5) is 5.39. The van der Waals surface area contributed by atoms with Crippen LogP contribution in [-0.2, 0) is 9.47 Å². The maximum atomic E-state index is 5.87. The van der Waals surface area contributed by atoms with E-state index in [1.54, 1.807) is 12.8 Å². The maximum absolute atomic E-state index is 5.87. The molecule has 3 atom stereocenters. The van der Waals surface area contributed by atoms with Crippen LogP contribution >= 0.6 is 8.20 Å². The van der Waals surface area contributed by atoms with Gasteiger partial charge in [0.25, 0.3) is 0 Å². The van der Waals surface area contributed by atoms with E-state index in [-0.39, 0.29) is 5.54 Å². The molecule has 2 saturated heterocycles. The number of methoxy groups -OCH3 is 2. The SMILES string of the molecule is CC.CCN1CN2CC3C=C(OC)P=C(OC)C(C3)C(C)/C=C\2C12CCNCC2. The van der Waals surface area contributed by atoms with Gasteiger partial charge in [-0.1, -0.05) is 33.8 Å². The van der Waals surface area contributed by atoms with Gasteiger partial charge in [0, 0.05) is 33.5 Å². The predicted molar refractivity (Wildman–Crippen MR) is 123 cm³/mol. The van der Waals surface area contributed by atoms with Crippen molar-refractivity contribution < 1.29 is 9.47 Å². The zero-order chi connectivity index (χ0) is 21.0. The number of rotatable bonds is 3. The Morgan fingerprint density at radius 1 is 1.17 bits per heavy atom. The molecule has 4 heterocycles. The van der Waals surface area contributed by atoms with E-state index >= 15 is 0 Å². The summed E-state index contributed by atoms with van der Waals surface area (Å²) in [5.74, 6) is 1.43. The van der Waals surface area contributed by atoms with E-state index in [9.17, 15) is 0 Å². The second-order valence-electron chi connectivity index (χ2n) is 8.38. The summed E-state index contributed by atoms with van der Waals surface area (Å²) in [5.41, 5.74) is 3.99. The van der Waals surface area contributed by atoms with Crippen LogP contribution in [0.1, 0.15) is 47.0 Å². The zero-order valence-electron chi connectivity index (χ0n) is 19.2. The fourth-order valence-corrected chi connectivity index (χ4v) is 6.75. The molecule has 1 N–H and O–H groups in total. The first-order valence-electron chi connectivity index (χ1n) is 11.4. The normalized spacial score (nSPS) is 33.7. The number of likely N-dealkylation sites (N-methyl/N-ethyl adjacent to an activating group) is 1. The van der Waals surface area contributed by atoms with Crippen molar-refractivity contribution >= 4 is 13.7 Å². The summed E-state index contributed by atoms with van der Waals surface area (Å²) in [5, 5.41) is 3.57. The van der Waals surface area contributed by atoms with Gasteiger partial charge >= 0.3 is 0 Å². The quantitative estimate of drug-likeness (QED) is 0.694. The molecule has 3 unspecified atom stereocenters. The Balaban J connectivity index is 0.00000117. The summed E-state index contributed by atoms with van der Waals surface area (Å²) < 4.78 is 11.6. The lowest BCUT2D eigenvalue weighted by Gasteiger charge is -2.42. The highest BCUT2D eigenvalue weighted by Crippen LogP contribution is 2.46. The van der Waals surface area contributed by atoms with Gasteiger partial charge in [-0.3, -0.25) is 4.90 Å². The Morgan fingerprint density at radius 3 is 2.52 bits per heavy atom. The number of ether oxygens (including phenoxy) is 2. The van der Waals surface area contributed by atoms with Gasteiger partial charge in [0.05, 0.1) is 24.8 Å². The number of hydrogen-bond acceptors (Lipinski definition) is 5. The highest BCUT2D eigenvalue weighted by Gasteiger charge is 2.49. The van der Waals surface area contributed by atoms with E-state index in [2.05, 4.69) is 41.1 Å². The lowest BCUT2D eigenvalue weighted by molar-refractivity contribution is 0.124. The molecule has 0 aromatic rings. The third-order valence-corrected chi connectivity index (χ3v) is 8.26. The minimum absolute atomic E-state index is 0.216. The molecule has 0 aliphatic carbocycles. The zero-order valence-corrected chi connectivity index (χ0v) is 20.1. The first-order valence-corrected chi connectivity index (χ1v) is 12.3. The second-order valence-corrected chi connectivity index (χ2v) is 9.48. The van der Waals surface area contributed by atoms with Gasteiger partial charge in [-0.05, 0) is 56.8 Å². The van der Waals surface area contributed by atoms with Crippen LogP contribution in [0.4, 0.5) is 0 Å². The van der Waals surface area contributed by atoms with Crippen molar-refractivity contribution in [2.45, 2.75) is 52.5 Å². The van der Waals surface area contributed by atoms with Crippen LogP contribution in [0.25, 0.3) is 0 Å². The van der Waals surface area contributed by atoms with E-state index in [0.29, 0.717) is 17.8 Å². The number of hydrogen-bond donors (Lipinski definition) is 1. The highest BCUT2D eigenvalue weighted by molar-refractivity contribution is 7.44. The summed E-state index contributed by atoms with van der Waals surface area (Å²) in [6, 6.07) is 0. The van der Waals surface area contributed by atoms with E-state index < -0.39 is 0 Å². The van der Waals surface area contributed by atoms with Gasteiger partial charge in [0.2, 0.25) is 0 Å². The van der Waals surface area contributed by atoms with Crippen molar-refractivity contribution in [1.82, 2.24) is 15.1 Å². The number of allylic oxidation sites excluding steroid dienone is 1. The summed E-state index contributed by atoms with van der Waals surface area (Å²) in [6.45, 7) is 14.2. The number of fused-ring (bicyclic) bond motifs is 4. The van der Waals surface area contributed by atoms with Crippen molar-refractivity contribution in [2.75, 3.05) is 47.1 Å². The lowest BCUT2D eigenvalue weighted by atomic mass is 9.78. The smallest absolute Gasteiger partial charge is 0.143 e. The van der Waals surface area contributed by atoms with Crippen molar-refractivity contribution in [3.63, 3.8) is 0 Å². The molecule has 0 amide bonds. The molecule has 164 valence electrons. The molecule has 4 rings (SSSR count). The Hall–Kier alpha value is -0.870. The molecule has 6 heteroatoms. The highest BCUT2D eigenvalue weighted by atomic mass is 31.1. The number of piperidine rings is 1. The molecule has 2 bridgehead atoms. The first-order chi connectivity index (χ1) is 14.1. The molecule has 0 aromatic carbocycles. The number of nitrogens with one attached hydrogen (secondary N) is 1. The average molecular weight is 422 g/mol. The molecule has 4 aliphatic heterocycles. The van der Waals surface area contributed by atoms with Gasteiger partial charge in [0.15, 0.2) is 0 Å². The number of nitrogens with zero attached hydrogens (tertiary/aromatic N) is 2. The molecular weight excluding hydrogens is 381 g/mol. The third-order valence-electron chi connectivity index (χ3n) is 6.98. The molecule has 29 heavy (non-hydrogen) atoms. The van der Waals surface area contributed by atoms with E-state index in [1.165, 1.54) is 12.8 Å². The Kier molecular flexibility index (Phi) is 7.83. The molecule has 1 spiro atoms. The fraction of sp³-hybridized carbons (Fsp3) is 0.783. The summed E-state index contributed by atoms with van der Waals surface area (Å²) >= 11 is 0. The second kappa shape index (κ2) is 9.96. The van der Waals surface area contributed by atoms with Gasteiger partial charge in [-0.2, -0.15) is 0 Å². The van der Waals surface area contributed by atoms with Crippen molar-refractivity contribution in [2.24, 2.45) is 17.8 Å².